The molecule has 0 aliphatic carbocycles. The van der Waals surface area contributed by atoms with Gasteiger partial charge in [-0.2, -0.15) is 13.2 Å². The summed E-state index contributed by atoms with van der Waals surface area (Å²) in [7, 11) is 5.11. The summed E-state index contributed by atoms with van der Waals surface area (Å²) in [6, 6.07) is 11.5. The number of anilines is 1. The minimum Gasteiger partial charge on any atom is -0.345 e. The summed E-state index contributed by atoms with van der Waals surface area (Å²) in [6.45, 7) is 0.571. The van der Waals surface area contributed by atoms with Crippen LogP contribution in [0.15, 0.2) is 48.5 Å². The highest BCUT2D eigenvalue weighted by Gasteiger charge is 2.30. The van der Waals surface area contributed by atoms with Gasteiger partial charge in [0.1, 0.15) is 6.54 Å². The lowest BCUT2D eigenvalue weighted by Gasteiger charge is -2.15. The Morgan fingerprint density at radius 2 is 1.57 bits per heavy atom. The van der Waals surface area contributed by atoms with Crippen molar-refractivity contribution in [3.8, 4) is 0 Å². The number of amides is 2. The van der Waals surface area contributed by atoms with Crippen LogP contribution in [0.25, 0.3) is 0 Å². The van der Waals surface area contributed by atoms with E-state index in [0.29, 0.717) is 23.4 Å². The monoisotopic (exact) mass is 394 g/mol. The van der Waals surface area contributed by atoms with E-state index < -0.39 is 11.7 Å². The van der Waals surface area contributed by atoms with E-state index in [1.165, 1.54) is 17.0 Å². The highest BCUT2D eigenvalue weighted by atomic mass is 19.4. The van der Waals surface area contributed by atoms with Gasteiger partial charge in [-0.1, -0.05) is 12.1 Å². The molecule has 0 aliphatic heterocycles. The van der Waals surface area contributed by atoms with Crippen LogP contribution in [0.3, 0.4) is 0 Å². The number of carbonyl (C=O) groups excluding carboxylic acids is 2. The van der Waals surface area contributed by atoms with Gasteiger partial charge in [-0.3, -0.25) is 9.59 Å². The third-order valence-electron chi connectivity index (χ3n) is 4.07. The van der Waals surface area contributed by atoms with Crippen LogP contribution in [0.5, 0.6) is 0 Å². The second-order valence-corrected chi connectivity index (χ2v) is 6.83. The number of halogens is 3. The number of carbonyl (C=O) groups is 2. The van der Waals surface area contributed by atoms with Crippen molar-refractivity contribution < 1.29 is 27.7 Å². The fourth-order valence-electron chi connectivity index (χ4n) is 2.66. The molecule has 0 saturated carbocycles. The molecule has 8 heteroatoms. The smallest absolute Gasteiger partial charge is 0.345 e. The fraction of sp³-hybridized carbons (Fsp3) is 0.300. The Hall–Kier alpha value is -2.87. The van der Waals surface area contributed by atoms with E-state index in [-0.39, 0.29) is 18.4 Å². The summed E-state index contributed by atoms with van der Waals surface area (Å²) in [4.78, 5) is 26.3. The predicted molar refractivity (Wildman–Crippen MR) is 100.0 cm³/mol. The van der Waals surface area contributed by atoms with Gasteiger partial charge in [0.05, 0.1) is 12.6 Å². The number of likely N-dealkylation sites (N-methyl/N-ethyl adjacent to an activating group) is 1. The van der Waals surface area contributed by atoms with E-state index in [1.54, 1.807) is 45.4 Å². The van der Waals surface area contributed by atoms with Crippen molar-refractivity contribution >= 4 is 17.5 Å². The molecule has 1 unspecified atom stereocenters. The molecule has 5 nitrogen and oxygen atoms in total. The number of quaternary nitrogens is 1. The van der Waals surface area contributed by atoms with E-state index in [0.717, 1.165) is 17.0 Å². The van der Waals surface area contributed by atoms with Gasteiger partial charge in [0.2, 0.25) is 0 Å². The van der Waals surface area contributed by atoms with E-state index in [9.17, 15) is 22.8 Å². The molecule has 0 bridgehead atoms. The zero-order valence-electron chi connectivity index (χ0n) is 15.9. The largest absolute Gasteiger partial charge is 0.416 e. The summed E-state index contributed by atoms with van der Waals surface area (Å²) in [5, 5.41) is 2.75. The molecular formula is C20H23F3N3O2+. The van der Waals surface area contributed by atoms with Crippen LogP contribution in [0, 0.1) is 0 Å². The van der Waals surface area contributed by atoms with Crippen molar-refractivity contribution in [1.29, 1.82) is 0 Å². The van der Waals surface area contributed by atoms with Crippen LogP contribution >= 0.6 is 0 Å². The number of rotatable bonds is 6. The Morgan fingerprint density at radius 1 is 1.00 bits per heavy atom. The summed E-state index contributed by atoms with van der Waals surface area (Å²) in [5.41, 5.74) is 1.11. The quantitative estimate of drug-likeness (QED) is 0.788. The third kappa shape index (κ3) is 6.09. The van der Waals surface area contributed by atoms with Gasteiger partial charge >= 0.3 is 6.18 Å². The molecule has 0 aromatic heterocycles. The summed E-state index contributed by atoms with van der Waals surface area (Å²) < 4.78 is 37.8. The lowest BCUT2D eigenvalue weighted by atomic mass is 10.1. The molecule has 0 heterocycles. The zero-order chi connectivity index (χ0) is 20.9. The molecule has 28 heavy (non-hydrogen) atoms. The van der Waals surface area contributed by atoms with E-state index in [4.69, 9.17) is 0 Å². The van der Waals surface area contributed by atoms with Crippen molar-refractivity contribution in [2.45, 2.75) is 12.7 Å². The Bertz CT molecular complexity index is 816. The van der Waals surface area contributed by atoms with Crippen LogP contribution in [-0.2, 0) is 17.5 Å². The number of hydrogen-bond acceptors (Lipinski definition) is 2. The van der Waals surface area contributed by atoms with Crippen molar-refractivity contribution in [2.75, 3.05) is 33.0 Å². The Balaban J connectivity index is 1.88. The maximum Gasteiger partial charge on any atom is 0.416 e. The Kier molecular flexibility index (Phi) is 6.80. The molecule has 2 rings (SSSR count). The van der Waals surface area contributed by atoms with Crippen LogP contribution in [-0.4, -0.2) is 44.4 Å². The van der Waals surface area contributed by atoms with Gasteiger partial charge in [-0.15, -0.1) is 0 Å². The molecule has 1 atom stereocenters. The standard InChI is InChI=1S/C20H22F3N3O2/c1-25(2)19(28)15-6-10-17(11-7-15)24-18(27)13-26(3)12-14-4-8-16(9-5-14)20(21,22)23/h4-11H,12-13H2,1-3H3,(H,24,27)/p+1. The maximum absolute atomic E-state index is 12.6. The summed E-state index contributed by atoms with van der Waals surface area (Å²) in [5.74, 6) is -0.352. The maximum atomic E-state index is 12.6. The van der Waals surface area contributed by atoms with Gasteiger partial charge in [0.25, 0.3) is 11.8 Å². The minimum absolute atomic E-state index is 0.126. The summed E-state index contributed by atoms with van der Waals surface area (Å²) in [6.07, 6.45) is -4.36. The average molecular weight is 394 g/mol. The van der Waals surface area contributed by atoms with Crippen LogP contribution in [0.4, 0.5) is 18.9 Å². The van der Waals surface area contributed by atoms with E-state index >= 15 is 0 Å². The molecule has 2 aromatic rings. The van der Waals surface area contributed by atoms with Crippen molar-refractivity contribution in [1.82, 2.24) is 4.90 Å². The highest BCUT2D eigenvalue weighted by Crippen LogP contribution is 2.28. The first-order valence-electron chi connectivity index (χ1n) is 8.65. The van der Waals surface area contributed by atoms with Crippen LogP contribution in [0.1, 0.15) is 21.5 Å². The van der Waals surface area contributed by atoms with E-state index in [1.807, 2.05) is 0 Å². The normalized spacial score (nSPS) is 12.4. The van der Waals surface area contributed by atoms with Gasteiger partial charge in [0, 0.05) is 30.9 Å². The molecule has 150 valence electrons. The van der Waals surface area contributed by atoms with Gasteiger partial charge < -0.3 is 15.1 Å². The second-order valence-electron chi connectivity index (χ2n) is 6.83. The van der Waals surface area contributed by atoms with Crippen LogP contribution in [0.2, 0.25) is 0 Å². The molecule has 2 amide bonds. The second kappa shape index (κ2) is 8.88. The van der Waals surface area contributed by atoms with Crippen molar-refractivity contribution in [3.05, 3.63) is 65.2 Å². The number of benzene rings is 2. The first kappa shape index (κ1) is 21.4. The SMILES string of the molecule is CN(C)C(=O)c1ccc(NC(=O)C[NH+](C)Cc2ccc(C(F)(F)F)cc2)cc1. The number of alkyl halides is 3. The number of nitrogens with zero attached hydrogens (tertiary/aromatic N) is 1. The lowest BCUT2D eigenvalue weighted by molar-refractivity contribution is -0.885. The topological polar surface area (TPSA) is 53.9 Å². The van der Waals surface area contributed by atoms with Gasteiger partial charge in [-0.05, 0) is 36.4 Å². The number of hydrogen-bond donors (Lipinski definition) is 2. The molecule has 0 aliphatic rings. The zero-order valence-corrected chi connectivity index (χ0v) is 15.9. The average Bonchev–Trinajstić information content (AvgIpc) is 2.61. The van der Waals surface area contributed by atoms with Crippen molar-refractivity contribution in [2.24, 2.45) is 0 Å². The molecule has 0 radical (unpaired) electrons. The first-order valence-corrected chi connectivity index (χ1v) is 8.65. The minimum atomic E-state index is -4.36. The van der Waals surface area contributed by atoms with Gasteiger partial charge in [0.15, 0.2) is 6.54 Å². The molecule has 2 aromatic carbocycles. The Labute approximate surface area is 161 Å². The fourth-order valence-corrected chi connectivity index (χ4v) is 2.66. The molecular weight excluding hydrogens is 371 g/mol. The van der Waals surface area contributed by atoms with E-state index in [2.05, 4.69) is 5.32 Å². The van der Waals surface area contributed by atoms with Crippen LogP contribution < -0.4 is 10.2 Å². The predicted octanol–water partition coefficient (Wildman–Crippen LogP) is 2.06. The van der Waals surface area contributed by atoms with Gasteiger partial charge in [-0.25, -0.2) is 0 Å². The number of nitrogens with one attached hydrogen (secondary N) is 2. The molecule has 0 saturated heterocycles. The molecule has 2 N–H and O–H groups in total. The first-order chi connectivity index (χ1) is 13.1. The molecule has 0 fully saturated rings. The third-order valence-corrected chi connectivity index (χ3v) is 4.07. The summed E-state index contributed by atoms with van der Waals surface area (Å²) >= 11 is 0. The molecule has 0 spiro atoms. The Morgan fingerprint density at radius 3 is 2.07 bits per heavy atom. The lowest BCUT2D eigenvalue weighted by Crippen LogP contribution is -3.08. The van der Waals surface area contributed by atoms with Crippen molar-refractivity contribution in [3.63, 3.8) is 0 Å². The highest BCUT2D eigenvalue weighted by molar-refractivity contribution is 5.95.